The quantitative estimate of drug-likeness (QED) is 0.910. The maximum atomic E-state index is 12.3. The van der Waals surface area contributed by atoms with Crippen LogP contribution in [0.25, 0.3) is 0 Å². The van der Waals surface area contributed by atoms with E-state index in [0.29, 0.717) is 16.7 Å². The molecule has 0 bridgehead atoms. The topological polar surface area (TPSA) is 46.2 Å². The third-order valence-corrected chi connectivity index (χ3v) is 6.17. The van der Waals surface area contributed by atoms with E-state index < -0.39 is 10.0 Å². The van der Waals surface area contributed by atoms with Gasteiger partial charge in [0.05, 0.1) is 4.90 Å². The van der Waals surface area contributed by atoms with E-state index in [0.717, 1.165) is 17.3 Å². The molecule has 1 saturated carbocycles. The van der Waals surface area contributed by atoms with Crippen LogP contribution in [0.2, 0.25) is 0 Å². The van der Waals surface area contributed by atoms with Gasteiger partial charge in [-0.3, -0.25) is 0 Å². The molecule has 0 spiro atoms. The Morgan fingerprint density at radius 1 is 1.16 bits per heavy atom. The Labute approximate surface area is 124 Å². The van der Waals surface area contributed by atoms with E-state index >= 15 is 0 Å². The maximum Gasteiger partial charge on any atom is 0.240 e. The summed E-state index contributed by atoms with van der Waals surface area (Å²) in [5.41, 5.74) is 0. The van der Waals surface area contributed by atoms with E-state index in [-0.39, 0.29) is 6.04 Å². The van der Waals surface area contributed by atoms with Crippen LogP contribution in [0.4, 0.5) is 0 Å². The van der Waals surface area contributed by atoms with Crippen molar-refractivity contribution in [2.24, 2.45) is 11.8 Å². The Bertz CT molecular complexity index is 527. The predicted octanol–water partition coefficient (Wildman–Crippen LogP) is 3.55. The van der Waals surface area contributed by atoms with Crippen molar-refractivity contribution in [3.63, 3.8) is 0 Å². The highest BCUT2D eigenvalue weighted by Gasteiger charge is 2.30. The molecule has 19 heavy (non-hydrogen) atoms. The standard InChI is InChI=1S/C14H20BrNO2S/c1-10-4-3-5-14(11(10)2)16-19(17,18)13-8-6-12(15)7-9-13/h6-11,14,16H,3-5H2,1-2H3/t10-,11-,14+/m1/s1. The van der Waals surface area contributed by atoms with Crippen molar-refractivity contribution >= 4 is 26.0 Å². The molecule has 3 nitrogen and oxygen atoms in total. The maximum absolute atomic E-state index is 12.3. The van der Waals surface area contributed by atoms with Gasteiger partial charge in [-0.2, -0.15) is 0 Å². The average Bonchev–Trinajstić information content (AvgIpc) is 2.35. The molecule has 3 atom stereocenters. The van der Waals surface area contributed by atoms with E-state index in [2.05, 4.69) is 34.5 Å². The SMILES string of the molecule is C[C@@H]1[C@H](C)CCC[C@@H]1NS(=O)(=O)c1ccc(Br)cc1. The summed E-state index contributed by atoms with van der Waals surface area (Å²) in [6.07, 6.45) is 3.22. The van der Waals surface area contributed by atoms with E-state index in [1.807, 2.05) is 0 Å². The lowest BCUT2D eigenvalue weighted by molar-refractivity contribution is 0.227. The van der Waals surface area contributed by atoms with E-state index in [4.69, 9.17) is 0 Å². The van der Waals surface area contributed by atoms with Crippen LogP contribution >= 0.6 is 15.9 Å². The van der Waals surface area contributed by atoms with Gasteiger partial charge >= 0.3 is 0 Å². The van der Waals surface area contributed by atoms with Crippen LogP contribution in [-0.4, -0.2) is 14.5 Å². The smallest absolute Gasteiger partial charge is 0.208 e. The summed E-state index contributed by atoms with van der Waals surface area (Å²) in [7, 11) is -3.40. The number of benzene rings is 1. The molecule has 0 aliphatic heterocycles. The number of sulfonamides is 1. The number of nitrogens with one attached hydrogen (secondary N) is 1. The van der Waals surface area contributed by atoms with E-state index in [9.17, 15) is 8.42 Å². The zero-order chi connectivity index (χ0) is 14.0. The summed E-state index contributed by atoms with van der Waals surface area (Å²) in [6, 6.07) is 6.81. The molecule has 0 unspecified atom stereocenters. The van der Waals surface area contributed by atoms with Gasteiger partial charge in [0.1, 0.15) is 0 Å². The van der Waals surface area contributed by atoms with E-state index in [1.165, 1.54) is 6.42 Å². The van der Waals surface area contributed by atoms with Gasteiger partial charge in [-0.15, -0.1) is 0 Å². The van der Waals surface area contributed by atoms with Gasteiger partial charge in [-0.1, -0.05) is 42.6 Å². The molecule has 1 aromatic rings. The van der Waals surface area contributed by atoms with Gasteiger partial charge < -0.3 is 0 Å². The van der Waals surface area contributed by atoms with Crippen molar-refractivity contribution < 1.29 is 8.42 Å². The van der Waals surface area contributed by atoms with Crippen LogP contribution in [0, 0.1) is 11.8 Å². The fourth-order valence-corrected chi connectivity index (χ4v) is 4.26. The lowest BCUT2D eigenvalue weighted by Crippen LogP contribution is -2.43. The highest BCUT2D eigenvalue weighted by Crippen LogP contribution is 2.30. The first-order valence-electron chi connectivity index (χ1n) is 6.68. The molecule has 0 heterocycles. The lowest BCUT2D eigenvalue weighted by Gasteiger charge is -2.34. The first-order chi connectivity index (χ1) is 8.90. The number of hydrogen-bond acceptors (Lipinski definition) is 2. The third kappa shape index (κ3) is 3.58. The van der Waals surface area contributed by atoms with Crippen LogP contribution < -0.4 is 4.72 Å². The number of hydrogen-bond donors (Lipinski definition) is 1. The Hall–Kier alpha value is -0.390. The predicted molar refractivity (Wildman–Crippen MR) is 80.4 cm³/mol. The van der Waals surface area contributed by atoms with Crippen LogP contribution in [0.15, 0.2) is 33.6 Å². The minimum atomic E-state index is -3.40. The summed E-state index contributed by atoms with van der Waals surface area (Å²) in [5.74, 6) is 0.963. The molecule has 1 fully saturated rings. The molecule has 1 aromatic carbocycles. The summed E-state index contributed by atoms with van der Waals surface area (Å²) in [5, 5.41) is 0. The molecule has 0 aromatic heterocycles. The van der Waals surface area contributed by atoms with Gasteiger partial charge in [0, 0.05) is 10.5 Å². The van der Waals surface area contributed by atoms with Crippen LogP contribution in [-0.2, 0) is 10.0 Å². The highest BCUT2D eigenvalue weighted by molar-refractivity contribution is 9.10. The molecule has 1 aliphatic rings. The molecule has 0 amide bonds. The van der Waals surface area contributed by atoms with Crippen LogP contribution in [0.5, 0.6) is 0 Å². The first kappa shape index (κ1) is 15.0. The zero-order valence-corrected chi connectivity index (χ0v) is 13.7. The number of rotatable bonds is 3. The monoisotopic (exact) mass is 345 g/mol. The Morgan fingerprint density at radius 2 is 1.79 bits per heavy atom. The fraction of sp³-hybridized carbons (Fsp3) is 0.571. The van der Waals surface area contributed by atoms with Crippen molar-refractivity contribution in [3.8, 4) is 0 Å². The third-order valence-electron chi connectivity index (χ3n) is 4.14. The second kappa shape index (κ2) is 5.94. The molecule has 5 heteroatoms. The molecular formula is C14H20BrNO2S. The van der Waals surface area contributed by atoms with Crippen molar-refractivity contribution in [1.82, 2.24) is 4.72 Å². The lowest BCUT2D eigenvalue weighted by atomic mass is 9.78. The van der Waals surface area contributed by atoms with Crippen molar-refractivity contribution in [2.75, 3.05) is 0 Å². The summed E-state index contributed by atoms with van der Waals surface area (Å²) in [4.78, 5) is 0.334. The minimum absolute atomic E-state index is 0.0531. The van der Waals surface area contributed by atoms with Gasteiger partial charge in [-0.25, -0.2) is 13.1 Å². The van der Waals surface area contributed by atoms with Gasteiger partial charge in [0.2, 0.25) is 10.0 Å². The Kier molecular flexibility index (Phi) is 4.69. The minimum Gasteiger partial charge on any atom is -0.208 e. The zero-order valence-electron chi connectivity index (χ0n) is 11.3. The normalized spacial score (nSPS) is 28.3. The fourth-order valence-electron chi connectivity index (χ4n) is 2.63. The van der Waals surface area contributed by atoms with Gasteiger partial charge in [0.25, 0.3) is 0 Å². The van der Waals surface area contributed by atoms with Gasteiger partial charge in [-0.05, 0) is 42.5 Å². The molecule has 1 aliphatic carbocycles. The highest BCUT2D eigenvalue weighted by atomic mass is 79.9. The van der Waals surface area contributed by atoms with Crippen molar-refractivity contribution in [3.05, 3.63) is 28.7 Å². The van der Waals surface area contributed by atoms with Crippen molar-refractivity contribution in [1.29, 1.82) is 0 Å². The second-order valence-electron chi connectivity index (χ2n) is 5.45. The average molecular weight is 346 g/mol. The second-order valence-corrected chi connectivity index (χ2v) is 8.08. The summed E-state index contributed by atoms with van der Waals surface area (Å²) >= 11 is 3.31. The molecular weight excluding hydrogens is 326 g/mol. The summed E-state index contributed by atoms with van der Waals surface area (Å²) in [6.45, 7) is 4.34. The molecule has 2 rings (SSSR count). The number of halogens is 1. The largest absolute Gasteiger partial charge is 0.240 e. The van der Waals surface area contributed by atoms with Crippen LogP contribution in [0.1, 0.15) is 33.1 Å². The molecule has 1 N–H and O–H groups in total. The van der Waals surface area contributed by atoms with Crippen molar-refractivity contribution in [2.45, 2.75) is 44.0 Å². The Morgan fingerprint density at radius 3 is 2.42 bits per heavy atom. The first-order valence-corrected chi connectivity index (χ1v) is 8.95. The van der Waals surface area contributed by atoms with Crippen LogP contribution in [0.3, 0.4) is 0 Å². The van der Waals surface area contributed by atoms with E-state index in [1.54, 1.807) is 24.3 Å². The summed E-state index contributed by atoms with van der Waals surface area (Å²) < 4.78 is 28.4. The molecule has 0 saturated heterocycles. The Balaban J connectivity index is 2.15. The molecule has 106 valence electrons. The molecule has 0 radical (unpaired) electrons. The van der Waals surface area contributed by atoms with Gasteiger partial charge in [0.15, 0.2) is 0 Å².